The zero-order valence-corrected chi connectivity index (χ0v) is 13.7. The van der Waals surface area contributed by atoms with Gasteiger partial charge in [-0.2, -0.15) is 0 Å². The molecule has 0 radical (unpaired) electrons. The smallest absolute Gasteiger partial charge is 0.341 e. The number of ether oxygens (including phenoxy) is 2. The van der Waals surface area contributed by atoms with E-state index in [2.05, 4.69) is 4.90 Å². The second kappa shape index (κ2) is 7.19. The fourth-order valence-electron chi connectivity index (χ4n) is 3.21. The number of carbonyl (C=O) groups excluding carboxylic acids is 1. The van der Waals surface area contributed by atoms with Gasteiger partial charge >= 0.3 is 5.97 Å². The normalized spacial score (nSPS) is 24.5. The first-order valence-corrected chi connectivity index (χ1v) is 8.03. The summed E-state index contributed by atoms with van der Waals surface area (Å²) in [5.41, 5.74) is 1.11. The SMILES string of the molecule is CN1C(=O)[C@H]2COC[C@@H]1CN(Cc1ccc(OCC(=O)O)cc1)C2. The second-order valence-corrected chi connectivity index (χ2v) is 6.36. The van der Waals surface area contributed by atoms with Gasteiger partial charge in [-0.3, -0.25) is 9.69 Å². The largest absolute Gasteiger partial charge is 0.482 e. The van der Waals surface area contributed by atoms with Crippen LogP contribution < -0.4 is 4.74 Å². The van der Waals surface area contributed by atoms with E-state index in [-0.39, 0.29) is 24.5 Å². The lowest BCUT2D eigenvalue weighted by atomic mass is 10.1. The van der Waals surface area contributed by atoms with Gasteiger partial charge in [-0.1, -0.05) is 12.1 Å². The molecule has 0 saturated carbocycles. The maximum Gasteiger partial charge on any atom is 0.341 e. The fraction of sp³-hybridized carbons (Fsp3) is 0.529. The van der Waals surface area contributed by atoms with E-state index in [0.717, 1.165) is 18.7 Å². The molecule has 1 aromatic carbocycles. The predicted molar refractivity (Wildman–Crippen MR) is 85.7 cm³/mol. The number of carbonyl (C=O) groups is 2. The Morgan fingerprint density at radius 3 is 2.75 bits per heavy atom. The molecular weight excluding hydrogens is 312 g/mol. The third-order valence-corrected chi connectivity index (χ3v) is 4.51. The van der Waals surface area contributed by atoms with Crippen molar-refractivity contribution in [2.24, 2.45) is 5.92 Å². The summed E-state index contributed by atoms with van der Waals surface area (Å²) in [6.07, 6.45) is 0. The predicted octanol–water partition coefficient (Wildman–Crippen LogP) is 0.439. The average molecular weight is 334 g/mol. The van der Waals surface area contributed by atoms with Gasteiger partial charge in [0.1, 0.15) is 5.75 Å². The number of hydrogen-bond donors (Lipinski definition) is 1. The fourth-order valence-corrected chi connectivity index (χ4v) is 3.21. The molecule has 7 nitrogen and oxygen atoms in total. The minimum Gasteiger partial charge on any atom is -0.482 e. The van der Waals surface area contributed by atoms with Gasteiger partial charge in [0.15, 0.2) is 6.61 Å². The van der Waals surface area contributed by atoms with Gasteiger partial charge in [0.05, 0.1) is 25.2 Å². The van der Waals surface area contributed by atoms with Crippen LogP contribution in [0.4, 0.5) is 0 Å². The summed E-state index contributed by atoms with van der Waals surface area (Å²) in [6.45, 7) is 2.94. The van der Waals surface area contributed by atoms with Crippen molar-refractivity contribution in [1.29, 1.82) is 0 Å². The standard InChI is InChI=1S/C17H22N2O5/c1-18-14-8-19(7-13(17(18)22)9-23-10-14)6-12-2-4-15(5-3-12)24-11-16(20)21/h2-5,13-14H,6-11H2,1H3,(H,20,21)/t13-,14+/m1/s1. The molecule has 24 heavy (non-hydrogen) atoms. The number of hydrogen-bond acceptors (Lipinski definition) is 5. The maximum absolute atomic E-state index is 12.4. The van der Waals surface area contributed by atoms with Crippen LogP contribution >= 0.6 is 0 Å². The summed E-state index contributed by atoms with van der Waals surface area (Å²) >= 11 is 0. The molecule has 0 aliphatic carbocycles. The molecule has 130 valence electrons. The zero-order valence-electron chi connectivity index (χ0n) is 13.7. The van der Waals surface area contributed by atoms with Crippen molar-refractivity contribution in [3.63, 3.8) is 0 Å². The lowest BCUT2D eigenvalue weighted by Crippen LogP contribution is -2.42. The van der Waals surface area contributed by atoms with Crippen molar-refractivity contribution < 1.29 is 24.2 Å². The van der Waals surface area contributed by atoms with Gasteiger partial charge in [-0.25, -0.2) is 4.79 Å². The van der Waals surface area contributed by atoms with Gasteiger partial charge in [-0.15, -0.1) is 0 Å². The van der Waals surface area contributed by atoms with Gasteiger partial charge in [0, 0.05) is 26.7 Å². The zero-order chi connectivity index (χ0) is 17.1. The molecule has 7 heteroatoms. The summed E-state index contributed by atoms with van der Waals surface area (Å²) in [6, 6.07) is 7.50. The van der Waals surface area contributed by atoms with Gasteiger partial charge in [-0.05, 0) is 17.7 Å². The molecule has 3 rings (SSSR count). The maximum atomic E-state index is 12.4. The number of likely N-dealkylation sites (N-methyl/N-ethyl adjacent to an activating group) is 1. The van der Waals surface area contributed by atoms with E-state index < -0.39 is 5.97 Å². The highest BCUT2D eigenvalue weighted by atomic mass is 16.5. The second-order valence-electron chi connectivity index (χ2n) is 6.36. The van der Waals surface area contributed by atoms with Crippen molar-refractivity contribution in [3.05, 3.63) is 29.8 Å². The van der Waals surface area contributed by atoms with Crippen LogP contribution in [0.1, 0.15) is 5.56 Å². The van der Waals surface area contributed by atoms with Crippen LogP contribution in [0.2, 0.25) is 0 Å². The molecular formula is C17H22N2O5. The summed E-state index contributed by atoms with van der Waals surface area (Å²) in [5.74, 6) is -0.401. The first-order chi connectivity index (χ1) is 11.5. The minimum absolute atomic E-state index is 0.0863. The van der Waals surface area contributed by atoms with Crippen molar-refractivity contribution in [3.8, 4) is 5.75 Å². The van der Waals surface area contributed by atoms with Crippen LogP contribution in [0.3, 0.4) is 0 Å². The Balaban J connectivity index is 1.63. The Bertz CT molecular complexity index is 604. The Morgan fingerprint density at radius 1 is 1.29 bits per heavy atom. The molecule has 1 N–H and O–H groups in total. The molecule has 0 spiro atoms. The first-order valence-electron chi connectivity index (χ1n) is 8.03. The van der Waals surface area contributed by atoms with Gasteiger partial charge in [0.2, 0.25) is 5.91 Å². The average Bonchev–Trinajstić information content (AvgIpc) is 2.73. The number of carboxylic acids is 1. The Hall–Kier alpha value is -2.12. The van der Waals surface area contributed by atoms with Crippen molar-refractivity contribution in [1.82, 2.24) is 9.80 Å². The van der Waals surface area contributed by atoms with Crippen LogP contribution in [0.15, 0.2) is 24.3 Å². The van der Waals surface area contributed by atoms with E-state index in [1.807, 2.05) is 24.1 Å². The summed E-state index contributed by atoms with van der Waals surface area (Å²) in [5, 5.41) is 8.62. The van der Waals surface area contributed by atoms with Crippen LogP contribution in [-0.2, 0) is 20.9 Å². The van der Waals surface area contributed by atoms with Crippen LogP contribution in [0.25, 0.3) is 0 Å². The third kappa shape index (κ3) is 3.85. The Kier molecular flexibility index (Phi) is 5.01. The van der Waals surface area contributed by atoms with E-state index in [9.17, 15) is 9.59 Å². The first kappa shape index (κ1) is 16.7. The number of carboxylic acid groups (broad SMARTS) is 1. The summed E-state index contributed by atoms with van der Waals surface area (Å²) in [4.78, 5) is 27.0. The Morgan fingerprint density at radius 2 is 2.04 bits per heavy atom. The summed E-state index contributed by atoms with van der Waals surface area (Å²) < 4.78 is 10.7. The molecule has 2 aliphatic heterocycles. The molecule has 2 saturated heterocycles. The molecule has 0 unspecified atom stereocenters. The molecule has 2 aliphatic rings. The Labute approximate surface area is 140 Å². The number of fused-ring (bicyclic) bond motifs is 3. The van der Waals surface area contributed by atoms with Crippen LogP contribution in [-0.4, -0.2) is 72.8 Å². The third-order valence-electron chi connectivity index (χ3n) is 4.51. The highest BCUT2D eigenvalue weighted by Crippen LogP contribution is 2.22. The minimum atomic E-state index is -0.994. The highest BCUT2D eigenvalue weighted by Gasteiger charge is 2.37. The van der Waals surface area contributed by atoms with Crippen molar-refractivity contribution in [2.45, 2.75) is 12.6 Å². The van der Waals surface area contributed by atoms with E-state index in [1.54, 1.807) is 12.1 Å². The number of aliphatic carboxylic acids is 1. The van der Waals surface area contributed by atoms with E-state index >= 15 is 0 Å². The molecule has 1 amide bonds. The molecule has 2 heterocycles. The molecule has 2 bridgehead atoms. The topological polar surface area (TPSA) is 79.3 Å². The van der Waals surface area contributed by atoms with Crippen LogP contribution in [0.5, 0.6) is 5.75 Å². The number of amides is 1. The van der Waals surface area contributed by atoms with Crippen molar-refractivity contribution >= 4 is 11.9 Å². The van der Waals surface area contributed by atoms with E-state index in [1.165, 1.54) is 0 Å². The summed E-state index contributed by atoms with van der Waals surface area (Å²) in [7, 11) is 1.85. The van der Waals surface area contributed by atoms with E-state index in [4.69, 9.17) is 14.6 Å². The van der Waals surface area contributed by atoms with E-state index in [0.29, 0.717) is 25.5 Å². The molecule has 2 atom stereocenters. The number of nitrogens with zero attached hydrogens (tertiary/aromatic N) is 2. The highest BCUT2D eigenvalue weighted by molar-refractivity contribution is 5.79. The monoisotopic (exact) mass is 334 g/mol. The van der Waals surface area contributed by atoms with Crippen LogP contribution in [0, 0.1) is 5.92 Å². The van der Waals surface area contributed by atoms with Gasteiger partial charge < -0.3 is 19.5 Å². The quantitative estimate of drug-likeness (QED) is 0.842. The lowest BCUT2D eigenvalue weighted by Gasteiger charge is -2.29. The number of rotatable bonds is 5. The number of benzene rings is 1. The van der Waals surface area contributed by atoms with Crippen molar-refractivity contribution in [2.75, 3.05) is 40.0 Å². The molecule has 2 fully saturated rings. The molecule has 1 aromatic rings. The lowest BCUT2D eigenvalue weighted by molar-refractivity contribution is -0.139. The van der Waals surface area contributed by atoms with Gasteiger partial charge in [0.25, 0.3) is 0 Å². The molecule has 0 aromatic heterocycles.